The van der Waals surface area contributed by atoms with Crippen LogP contribution in [0.1, 0.15) is 72.9 Å². The fraction of sp³-hybridized carbons (Fsp3) is 0.517. The number of amides is 2. The van der Waals surface area contributed by atoms with Gasteiger partial charge < -0.3 is 15.0 Å². The third-order valence-electron chi connectivity index (χ3n) is 7.59. The summed E-state index contributed by atoms with van der Waals surface area (Å²) in [5.74, 6) is -0.753. The number of fused-ring (bicyclic) bond motifs is 1. The highest BCUT2D eigenvalue weighted by Gasteiger charge is 2.36. The standard InChI is InChI=1S/C29H35F3N4O4/c1-17(2)27-26-23(15-36(27)14-20-5-7-24(8-6-20)29(30,31)32)11-22(13-33-26)28(39)34-12-21-9-10-35(18(3)37)16-25(21)40-19(4)38/h5-8,11,13,17,21,25,27H,9-10,12,14-16H2,1-4H3,(H,34,39)/t21-,25+,27-/m0/s1. The Hall–Kier alpha value is -3.47. The molecule has 1 fully saturated rings. The summed E-state index contributed by atoms with van der Waals surface area (Å²) < 4.78 is 44.3. The highest BCUT2D eigenvalue weighted by molar-refractivity contribution is 5.94. The van der Waals surface area contributed by atoms with Crippen LogP contribution in [0.25, 0.3) is 0 Å². The molecule has 0 saturated carbocycles. The summed E-state index contributed by atoms with van der Waals surface area (Å²) in [5, 5.41) is 2.93. The number of hydrogen-bond acceptors (Lipinski definition) is 6. The number of piperidine rings is 1. The van der Waals surface area contributed by atoms with E-state index in [9.17, 15) is 27.6 Å². The Morgan fingerprint density at radius 1 is 1.15 bits per heavy atom. The fourth-order valence-corrected chi connectivity index (χ4v) is 5.61. The van der Waals surface area contributed by atoms with Crippen molar-refractivity contribution in [3.8, 4) is 0 Å². The smallest absolute Gasteiger partial charge is 0.416 e. The molecule has 8 nitrogen and oxygen atoms in total. The first kappa shape index (κ1) is 29.5. The molecular formula is C29H35F3N4O4. The van der Waals surface area contributed by atoms with E-state index in [0.29, 0.717) is 38.2 Å². The number of alkyl halides is 3. The number of esters is 1. The average molecular weight is 561 g/mol. The summed E-state index contributed by atoms with van der Waals surface area (Å²) in [6.07, 6.45) is -2.74. The molecule has 3 atom stereocenters. The maximum atomic E-state index is 13.1. The second-order valence-corrected chi connectivity index (χ2v) is 10.9. The lowest BCUT2D eigenvalue weighted by atomic mass is 9.93. The Labute approximate surface area is 231 Å². The maximum absolute atomic E-state index is 13.1. The summed E-state index contributed by atoms with van der Waals surface area (Å²) in [6, 6.07) is 6.98. The van der Waals surface area contributed by atoms with Crippen LogP contribution >= 0.6 is 0 Å². The second-order valence-electron chi connectivity index (χ2n) is 10.9. The van der Waals surface area contributed by atoms with Crippen LogP contribution in [-0.4, -0.2) is 58.3 Å². The van der Waals surface area contributed by atoms with Crippen molar-refractivity contribution in [3.05, 3.63) is 64.5 Å². The molecule has 2 amide bonds. The van der Waals surface area contributed by atoms with E-state index in [1.165, 1.54) is 26.0 Å². The molecule has 0 radical (unpaired) electrons. The first-order valence-corrected chi connectivity index (χ1v) is 13.4. The molecule has 1 aromatic carbocycles. The second kappa shape index (κ2) is 12.0. The van der Waals surface area contributed by atoms with Gasteiger partial charge in [0.25, 0.3) is 5.91 Å². The van der Waals surface area contributed by atoms with Gasteiger partial charge >= 0.3 is 12.1 Å². The molecule has 0 unspecified atom stereocenters. The Balaban J connectivity index is 1.43. The highest BCUT2D eigenvalue weighted by Crippen LogP contribution is 2.39. The SMILES string of the molecule is CC(=O)O[C@@H]1CN(C(C)=O)CC[C@H]1CNC(=O)c1cnc2c(c1)CN(Cc1ccc(C(F)(F)F)cc1)[C@H]2C(C)C. The van der Waals surface area contributed by atoms with Crippen LogP contribution in [0.2, 0.25) is 0 Å². The van der Waals surface area contributed by atoms with Gasteiger partial charge in [-0.2, -0.15) is 13.2 Å². The van der Waals surface area contributed by atoms with Crippen molar-refractivity contribution in [3.63, 3.8) is 0 Å². The van der Waals surface area contributed by atoms with Crippen LogP contribution in [0.15, 0.2) is 36.5 Å². The Kier molecular flexibility index (Phi) is 8.82. The van der Waals surface area contributed by atoms with Gasteiger partial charge in [0, 0.05) is 52.1 Å². The molecule has 2 aliphatic heterocycles. The molecule has 0 bridgehead atoms. The Morgan fingerprint density at radius 3 is 2.45 bits per heavy atom. The van der Waals surface area contributed by atoms with Crippen molar-refractivity contribution in [1.82, 2.24) is 20.1 Å². The summed E-state index contributed by atoms with van der Waals surface area (Å²) in [7, 11) is 0. The minimum absolute atomic E-state index is 0.0367. The molecule has 2 aliphatic rings. The number of carbonyl (C=O) groups is 3. The van der Waals surface area contributed by atoms with E-state index in [0.717, 1.165) is 29.0 Å². The number of halogens is 3. The lowest BCUT2D eigenvalue weighted by molar-refractivity contribution is -0.155. The highest BCUT2D eigenvalue weighted by atomic mass is 19.4. The van der Waals surface area contributed by atoms with Crippen LogP contribution in [0.4, 0.5) is 13.2 Å². The summed E-state index contributed by atoms with van der Waals surface area (Å²) >= 11 is 0. The molecule has 1 N–H and O–H groups in total. The number of nitrogens with zero attached hydrogens (tertiary/aromatic N) is 3. The molecule has 11 heteroatoms. The quantitative estimate of drug-likeness (QED) is 0.507. The maximum Gasteiger partial charge on any atom is 0.416 e. The molecule has 0 spiro atoms. The molecule has 40 heavy (non-hydrogen) atoms. The summed E-state index contributed by atoms with van der Waals surface area (Å²) in [6.45, 7) is 9.01. The van der Waals surface area contributed by atoms with Gasteiger partial charge in [0.15, 0.2) is 0 Å². The zero-order valence-corrected chi connectivity index (χ0v) is 23.1. The third kappa shape index (κ3) is 6.80. The van der Waals surface area contributed by atoms with Crippen LogP contribution in [0, 0.1) is 11.8 Å². The number of rotatable bonds is 7. The van der Waals surface area contributed by atoms with Crippen molar-refractivity contribution in [1.29, 1.82) is 0 Å². The van der Waals surface area contributed by atoms with Gasteiger partial charge in [-0.25, -0.2) is 0 Å². The zero-order valence-electron chi connectivity index (χ0n) is 23.1. The van der Waals surface area contributed by atoms with E-state index in [1.807, 2.05) is 6.07 Å². The normalized spacial score (nSPS) is 21.3. The van der Waals surface area contributed by atoms with E-state index in [1.54, 1.807) is 11.1 Å². The average Bonchev–Trinajstić information content (AvgIpc) is 3.24. The van der Waals surface area contributed by atoms with E-state index in [2.05, 4.69) is 29.0 Å². The van der Waals surface area contributed by atoms with Gasteiger partial charge in [-0.1, -0.05) is 26.0 Å². The fourth-order valence-electron chi connectivity index (χ4n) is 5.61. The Bertz CT molecular complexity index is 1250. The predicted octanol–water partition coefficient (Wildman–Crippen LogP) is 4.34. The van der Waals surface area contributed by atoms with E-state index in [4.69, 9.17) is 4.74 Å². The summed E-state index contributed by atoms with van der Waals surface area (Å²) in [5.41, 5.74) is 2.27. The molecule has 2 aromatic rings. The van der Waals surface area contributed by atoms with Gasteiger partial charge in [0.2, 0.25) is 5.91 Å². The molecular weight excluding hydrogens is 525 g/mol. The third-order valence-corrected chi connectivity index (χ3v) is 7.59. The van der Waals surface area contributed by atoms with Crippen molar-refractivity contribution < 1.29 is 32.3 Å². The van der Waals surface area contributed by atoms with Crippen molar-refractivity contribution in [2.75, 3.05) is 19.6 Å². The van der Waals surface area contributed by atoms with Crippen LogP contribution in [0.5, 0.6) is 0 Å². The first-order valence-electron chi connectivity index (χ1n) is 13.4. The van der Waals surface area contributed by atoms with E-state index in [-0.39, 0.29) is 36.2 Å². The summed E-state index contributed by atoms with van der Waals surface area (Å²) in [4.78, 5) is 44.9. The minimum atomic E-state index is -4.38. The van der Waals surface area contributed by atoms with Gasteiger partial charge in [-0.05, 0) is 41.7 Å². The van der Waals surface area contributed by atoms with Crippen molar-refractivity contribution in [2.45, 2.75) is 65.5 Å². The monoisotopic (exact) mass is 560 g/mol. The molecule has 3 heterocycles. The van der Waals surface area contributed by atoms with Gasteiger partial charge in [-0.3, -0.25) is 24.3 Å². The number of nitrogens with one attached hydrogen (secondary N) is 1. The van der Waals surface area contributed by atoms with Crippen LogP contribution < -0.4 is 5.32 Å². The van der Waals surface area contributed by atoms with E-state index < -0.39 is 23.8 Å². The molecule has 1 saturated heterocycles. The van der Waals surface area contributed by atoms with Crippen LogP contribution in [0.3, 0.4) is 0 Å². The zero-order chi connectivity index (χ0) is 29.2. The van der Waals surface area contributed by atoms with Crippen molar-refractivity contribution in [2.24, 2.45) is 11.8 Å². The molecule has 1 aromatic heterocycles. The molecule has 4 rings (SSSR count). The number of likely N-dealkylation sites (tertiary alicyclic amines) is 1. The van der Waals surface area contributed by atoms with Gasteiger partial charge in [0.1, 0.15) is 6.10 Å². The lowest BCUT2D eigenvalue weighted by Crippen LogP contribution is -2.50. The van der Waals surface area contributed by atoms with Crippen LogP contribution in [-0.2, 0) is 33.6 Å². The topological polar surface area (TPSA) is 91.8 Å². The largest absolute Gasteiger partial charge is 0.460 e. The number of benzene rings is 1. The minimum Gasteiger partial charge on any atom is -0.460 e. The lowest BCUT2D eigenvalue weighted by Gasteiger charge is -2.37. The first-order chi connectivity index (χ1) is 18.8. The number of carbonyl (C=O) groups excluding carboxylic acids is 3. The Morgan fingerprint density at radius 2 is 1.85 bits per heavy atom. The molecule has 0 aliphatic carbocycles. The number of ether oxygens (including phenoxy) is 1. The molecule has 216 valence electrons. The van der Waals surface area contributed by atoms with Gasteiger partial charge in [0.05, 0.1) is 29.4 Å². The predicted molar refractivity (Wildman–Crippen MR) is 141 cm³/mol. The van der Waals surface area contributed by atoms with E-state index >= 15 is 0 Å². The number of hydrogen-bond donors (Lipinski definition) is 1. The van der Waals surface area contributed by atoms with Crippen molar-refractivity contribution >= 4 is 17.8 Å². The number of pyridine rings is 1. The van der Waals surface area contributed by atoms with Gasteiger partial charge in [-0.15, -0.1) is 0 Å². The number of aromatic nitrogens is 1.